The summed E-state index contributed by atoms with van der Waals surface area (Å²) in [6.07, 6.45) is 2.44. The van der Waals surface area contributed by atoms with Gasteiger partial charge in [-0.2, -0.15) is 0 Å². The monoisotopic (exact) mass is 195 g/mol. The van der Waals surface area contributed by atoms with Gasteiger partial charge < -0.3 is 11.1 Å². The molecule has 2 atom stereocenters. The van der Waals surface area contributed by atoms with Gasteiger partial charge in [0.05, 0.1) is 6.34 Å². The highest BCUT2D eigenvalue weighted by Gasteiger charge is 2.57. The molecule has 0 radical (unpaired) electrons. The van der Waals surface area contributed by atoms with Gasteiger partial charge >= 0.3 is 0 Å². The first-order valence-corrected chi connectivity index (χ1v) is 3.80. The Bertz CT molecular complexity index is 386. The third kappa shape index (κ3) is 0.783. The molecular weight excluding hydrogens is 186 g/mol. The van der Waals surface area contributed by atoms with Crippen LogP contribution in [0.1, 0.15) is 0 Å². The van der Waals surface area contributed by atoms with Gasteiger partial charge in [-0.25, -0.2) is 15.0 Å². The largest absolute Gasteiger partial charge is 0.366 e. The Morgan fingerprint density at radius 3 is 2.79 bits per heavy atom. The summed E-state index contributed by atoms with van der Waals surface area (Å²) in [6, 6.07) is 0. The third-order valence-electron chi connectivity index (χ3n) is 2.24. The fourth-order valence-corrected chi connectivity index (χ4v) is 1.31. The van der Waals surface area contributed by atoms with E-state index in [-0.39, 0.29) is 5.84 Å². The van der Waals surface area contributed by atoms with E-state index in [0.717, 1.165) is 0 Å². The molecule has 0 aromatic rings. The van der Waals surface area contributed by atoms with Crippen LogP contribution in [-0.4, -0.2) is 35.7 Å². The maximum Gasteiger partial charge on any atom is 0.264 e. The van der Waals surface area contributed by atoms with Gasteiger partial charge in [0.25, 0.3) is 5.91 Å². The fraction of sp³-hybridized carbons (Fsp3) is 0.333. The molecule has 2 unspecified atom stereocenters. The van der Waals surface area contributed by atoms with E-state index in [1.165, 1.54) is 12.7 Å². The van der Waals surface area contributed by atoms with Gasteiger partial charge in [-0.1, -0.05) is 0 Å². The average molecular weight is 195 g/mol. The predicted octanol–water partition coefficient (Wildman–Crippen LogP) is -3.15. The zero-order valence-electron chi connectivity index (χ0n) is 7.14. The van der Waals surface area contributed by atoms with Crippen LogP contribution in [0.5, 0.6) is 0 Å². The fourth-order valence-electron chi connectivity index (χ4n) is 1.31. The van der Waals surface area contributed by atoms with Crippen molar-refractivity contribution in [2.45, 2.75) is 11.3 Å². The minimum atomic E-state index is -1.79. The predicted molar refractivity (Wildman–Crippen MR) is 50.6 cm³/mol. The van der Waals surface area contributed by atoms with Gasteiger partial charge in [0.1, 0.15) is 6.34 Å². The topological polar surface area (TPSA) is 144 Å². The van der Waals surface area contributed by atoms with Crippen molar-refractivity contribution >= 4 is 24.4 Å². The highest BCUT2D eigenvalue weighted by atomic mass is 16.2. The molecule has 0 fully saturated rings. The van der Waals surface area contributed by atoms with E-state index in [0.29, 0.717) is 0 Å². The number of carbonyl (C=O) groups excluding carboxylic acids is 1. The summed E-state index contributed by atoms with van der Waals surface area (Å²) in [4.78, 5) is 22.5. The number of amides is 1. The minimum Gasteiger partial charge on any atom is -0.366 e. The van der Waals surface area contributed by atoms with E-state index in [9.17, 15) is 4.79 Å². The molecule has 2 heterocycles. The van der Waals surface area contributed by atoms with Crippen molar-refractivity contribution in [2.24, 2.45) is 32.2 Å². The Hall–Kier alpha value is -1.80. The first kappa shape index (κ1) is 8.78. The second kappa shape index (κ2) is 2.36. The van der Waals surface area contributed by atoms with E-state index >= 15 is 0 Å². The molecule has 0 bridgehead atoms. The van der Waals surface area contributed by atoms with Crippen LogP contribution in [0.3, 0.4) is 0 Å². The minimum absolute atomic E-state index is 0.258. The molecule has 8 heteroatoms. The molecule has 0 saturated heterocycles. The standard InChI is InChI=1S/C6H9N7O/c7-3(14)5(8)6(9)4(10-1-12-5)11-2-13-6/h1-2H,8-9H2,(H2,7,14)(H,10,11,12,13). The Morgan fingerprint density at radius 2 is 2.14 bits per heavy atom. The van der Waals surface area contributed by atoms with E-state index < -0.39 is 17.2 Å². The lowest BCUT2D eigenvalue weighted by Crippen LogP contribution is -2.76. The van der Waals surface area contributed by atoms with Crippen LogP contribution in [0.25, 0.3) is 0 Å². The zero-order valence-corrected chi connectivity index (χ0v) is 7.14. The van der Waals surface area contributed by atoms with Gasteiger partial charge in [-0.15, -0.1) is 0 Å². The van der Waals surface area contributed by atoms with Crippen molar-refractivity contribution in [1.29, 1.82) is 0 Å². The molecule has 8 nitrogen and oxygen atoms in total. The van der Waals surface area contributed by atoms with Crippen LogP contribution >= 0.6 is 0 Å². The SMILES string of the molecule is NC(=O)C1(N)N=CNC2=NC=NC21N. The molecule has 1 amide bonds. The Morgan fingerprint density at radius 1 is 1.43 bits per heavy atom. The first-order valence-electron chi connectivity index (χ1n) is 3.80. The van der Waals surface area contributed by atoms with Crippen molar-refractivity contribution in [3.63, 3.8) is 0 Å². The highest BCUT2D eigenvalue weighted by molar-refractivity contribution is 6.12. The number of nitrogens with one attached hydrogen (secondary N) is 1. The lowest BCUT2D eigenvalue weighted by atomic mass is 9.92. The Balaban J connectivity index is 2.58. The van der Waals surface area contributed by atoms with E-state index in [1.54, 1.807) is 0 Å². The molecule has 0 spiro atoms. The summed E-state index contributed by atoms with van der Waals surface area (Å²) >= 11 is 0. The number of hydrogen-bond donors (Lipinski definition) is 4. The quantitative estimate of drug-likeness (QED) is 0.350. The molecule has 0 saturated carbocycles. The number of fused-ring (bicyclic) bond motifs is 1. The lowest BCUT2D eigenvalue weighted by molar-refractivity contribution is -0.124. The van der Waals surface area contributed by atoms with Crippen LogP contribution in [0.2, 0.25) is 0 Å². The second-order valence-electron chi connectivity index (χ2n) is 3.02. The van der Waals surface area contributed by atoms with Gasteiger partial charge in [0.2, 0.25) is 11.3 Å². The number of carbonyl (C=O) groups is 1. The van der Waals surface area contributed by atoms with Crippen LogP contribution in [-0.2, 0) is 4.79 Å². The third-order valence-corrected chi connectivity index (χ3v) is 2.24. The van der Waals surface area contributed by atoms with Gasteiger partial charge in [0, 0.05) is 0 Å². The highest BCUT2D eigenvalue weighted by Crippen LogP contribution is 2.25. The van der Waals surface area contributed by atoms with E-state index in [4.69, 9.17) is 17.2 Å². The van der Waals surface area contributed by atoms with Crippen molar-refractivity contribution < 1.29 is 4.79 Å². The Kier molecular flexibility index (Phi) is 1.48. The van der Waals surface area contributed by atoms with E-state index in [1.807, 2.05) is 0 Å². The first-order chi connectivity index (χ1) is 6.51. The van der Waals surface area contributed by atoms with Crippen molar-refractivity contribution in [1.82, 2.24) is 5.32 Å². The van der Waals surface area contributed by atoms with E-state index in [2.05, 4.69) is 20.3 Å². The van der Waals surface area contributed by atoms with Gasteiger partial charge in [-0.3, -0.25) is 16.3 Å². The van der Waals surface area contributed by atoms with Crippen LogP contribution in [0.4, 0.5) is 0 Å². The number of rotatable bonds is 1. The van der Waals surface area contributed by atoms with Crippen molar-refractivity contribution in [3.05, 3.63) is 0 Å². The van der Waals surface area contributed by atoms with Crippen LogP contribution in [0, 0.1) is 0 Å². The summed E-state index contributed by atoms with van der Waals surface area (Å²) in [5.41, 5.74) is 13.3. The summed E-state index contributed by atoms with van der Waals surface area (Å²) in [6.45, 7) is 0. The Labute approximate surface area is 79.0 Å². The number of nitrogens with two attached hydrogens (primary N) is 3. The molecule has 74 valence electrons. The molecule has 0 aromatic carbocycles. The number of primary amides is 1. The van der Waals surface area contributed by atoms with Crippen LogP contribution in [0.15, 0.2) is 15.0 Å². The summed E-state index contributed by atoms with van der Waals surface area (Å²) < 4.78 is 0. The van der Waals surface area contributed by atoms with Gasteiger partial charge in [-0.05, 0) is 0 Å². The smallest absolute Gasteiger partial charge is 0.264 e. The number of nitrogens with zero attached hydrogens (tertiary/aromatic N) is 3. The number of hydrogen-bond acceptors (Lipinski definition) is 7. The number of amidine groups is 1. The maximum atomic E-state index is 11.2. The molecule has 0 aromatic heterocycles. The lowest BCUT2D eigenvalue weighted by Gasteiger charge is -2.38. The molecule has 2 aliphatic heterocycles. The molecule has 14 heavy (non-hydrogen) atoms. The number of aliphatic imine (C=N–C) groups is 3. The van der Waals surface area contributed by atoms with Gasteiger partial charge in [0.15, 0.2) is 5.84 Å². The van der Waals surface area contributed by atoms with Crippen LogP contribution < -0.4 is 22.5 Å². The molecule has 2 aliphatic rings. The maximum absolute atomic E-state index is 11.2. The zero-order chi connectivity index (χ0) is 10.4. The summed E-state index contributed by atoms with van der Waals surface area (Å²) in [5, 5.41) is 2.65. The average Bonchev–Trinajstić information content (AvgIpc) is 2.49. The molecule has 0 aliphatic carbocycles. The molecule has 7 N–H and O–H groups in total. The summed E-state index contributed by atoms with van der Waals surface area (Å²) in [7, 11) is 0. The van der Waals surface area contributed by atoms with Crippen molar-refractivity contribution in [3.8, 4) is 0 Å². The summed E-state index contributed by atoms with van der Waals surface area (Å²) in [5.74, 6) is -0.599. The van der Waals surface area contributed by atoms with Crippen molar-refractivity contribution in [2.75, 3.05) is 0 Å². The second-order valence-corrected chi connectivity index (χ2v) is 3.02. The normalized spacial score (nSPS) is 38.9. The molecular formula is C6H9N7O. The molecule has 2 rings (SSSR count).